The van der Waals surface area contributed by atoms with Crippen LogP contribution in [0.15, 0.2) is 18.2 Å². The van der Waals surface area contributed by atoms with E-state index in [0.29, 0.717) is 19.7 Å². The predicted molar refractivity (Wildman–Crippen MR) is 96.4 cm³/mol. The number of hydrogen-bond acceptors (Lipinski definition) is 3. The van der Waals surface area contributed by atoms with Crippen LogP contribution in [-0.2, 0) is 4.74 Å². The van der Waals surface area contributed by atoms with Crippen LogP contribution in [0, 0.1) is 12.7 Å². The van der Waals surface area contributed by atoms with E-state index in [-0.39, 0.29) is 17.8 Å². The van der Waals surface area contributed by atoms with Gasteiger partial charge in [0.25, 0.3) is 0 Å². The van der Waals surface area contributed by atoms with Crippen LogP contribution in [0.4, 0.5) is 14.9 Å². The molecule has 0 unspecified atom stereocenters. The van der Waals surface area contributed by atoms with E-state index in [1.54, 1.807) is 17.0 Å². The Hall–Kier alpha value is -1.66. The zero-order chi connectivity index (χ0) is 17.6. The number of hydrogen-bond donors (Lipinski definition) is 1. The Morgan fingerprint density at radius 1 is 1.28 bits per heavy atom. The van der Waals surface area contributed by atoms with Gasteiger partial charge in [-0.25, -0.2) is 9.18 Å². The second kappa shape index (κ2) is 8.63. The molecule has 0 spiro atoms. The number of benzene rings is 1. The molecule has 2 aliphatic heterocycles. The van der Waals surface area contributed by atoms with Crippen molar-refractivity contribution in [2.75, 3.05) is 44.6 Å². The summed E-state index contributed by atoms with van der Waals surface area (Å²) in [4.78, 5) is 16.5. The predicted octanol–water partition coefficient (Wildman–Crippen LogP) is 3.24. The lowest BCUT2D eigenvalue weighted by Gasteiger charge is -2.26. The van der Waals surface area contributed by atoms with Gasteiger partial charge in [0, 0.05) is 19.6 Å². The Balaban J connectivity index is 1.41. The summed E-state index contributed by atoms with van der Waals surface area (Å²) in [5.74, 6) is -0.410. The normalized spacial score (nSPS) is 21.5. The van der Waals surface area contributed by atoms with E-state index >= 15 is 0 Å². The minimum absolute atomic E-state index is 0.0814. The summed E-state index contributed by atoms with van der Waals surface area (Å²) < 4.78 is 19.7. The van der Waals surface area contributed by atoms with E-state index in [0.717, 1.165) is 18.5 Å². The van der Waals surface area contributed by atoms with Gasteiger partial charge >= 0.3 is 6.03 Å². The van der Waals surface area contributed by atoms with Crippen molar-refractivity contribution < 1.29 is 13.9 Å². The van der Waals surface area contributed by atoms with Gasteiger partial charge in [-0.05, 0) is 57.0 Å². The van der Waals surface area contributed by atoms with Gasteiger partial charge in [0.15, 0.2) is 0 Å². The van der Waals surface area contributed by atoms with Crippen LogP contribution in [-0.4, -0.2) is 61.3 Å². The third kappa shape index (κ3) is 5.16. The second-order valence-corrected chi connectivity index (χ2v) is 7.04. The maximum Gasteiger partial charge on any atom is 0.322 e. The van der Waals surface area contributed by atoms with Crippen LogP contribution in [0.5, 0.6) is 0 Å². The summed E-state index contributed by atoms with van der Waals surface area (Å²) in [7, 11) is 0. The molecular formula is C19H28FN3O2. The van der Waals surface area contributed by atoms with Gasteiger partial charge in [0.1, 0.15) is 5.82 Å². The van der Waals surface area contributed by atoms with E-state index in [9.17, 15) is 9.18 Å². The second-order valence-electron chi connectivity index (χ2n) is 7.04. The van der Waals surface area contributed by atoms with Gasteiger partial charge < -0.3 is 19.9 Å². The third-order valence-electron chi connectivity index (χ3n) is 5.01. The Kier molecular flexibility index (Phi) is 6.26. The first-order chi connectivity index (χ1) is 12.1. The quantitative estimate of drug-likeness (QED) is 0.888. The van der Waals surface area contributed by atoms with Crippen molar-refractivity contribution in [1.82, 2.24) is 9.80 Å². The maximum absolute atomic E-state index is 13.8. The highest BCUT2D eigenvalue weighted by Crippen LogP contribution is 2.19. The van der Waals surface area contributed by atoms with Crippen molar-refractivity contribution in [2.45, 2.75) is 38.7 Å². The minimum Gasteiger partial charge on any atom is -0.375 e. The Labute approximate surface area is 149 Å². The number of amides is 2. The molecule has 0 aliphatic carbocycles. The van der Waals surface area contributed by atoms with Gasteiger partial charge in [-0.3, -0.25) is 0 Å². The molecule has 3 rings (SSSR count). The van der Waals surface area contributed by atoms with E-state index < -0.39 is 5.82 Å². The fourth-order valence-electron chi connectivity index (χ4n) is 3.51. The SMILES string of the molecule is Cc1ccc(F)c(NC(=O)N2CC[C@H](OCCN3CCCCC3)C2)c1. The topological polar surface area (TPSA) is 44.8 Å². The number of likely N-dealkylation sites (tertiary alicyclic amines) is 2. The molecule has 2 fully saturated rings. The summed E-state index contributed by atoms with van der Waals surface area (Å²) in [5.41, 5.74) is 1.15. The molecular weight excluding hydrogens is 321 g/mol. The third-order valence-corrected chi connectivity index (χ3v) is 5.01. The number of halogens is 1. The van der Waals surface area contributed by atoms with E-state index in [1.807, 2.05) is 6.92 Å². The molecule has 25 heavy (non-hydrogen) atoms. The lowest BCUT2D eigenvalue weighted by Crippen LogP contribution is -2.35. The summed E-state index contributed by atoms with van der Waals surface area (Å²) >= 11 is 0. The molecule has 1 atom stereocenters. The van der Waals surface area contributed by atoms with Crippen molar-refractivity contribution in [3.63, 3.8) is 0 Å². The number of carbonyl (C=O) groups is 1. The molecule has 5 nitrogen and oxygen atoms in total. The van der Waals surface area contributed by atoms with E-state index in [2.05, 4.69) is 10.2 Å². The first kappa shape index (κ1) is 18.1. The average molecular weight is 349 g/mol. The molecule has 6 heteroatoms. The average Bonchev–Trinajstić information content (AvgIpc) is 3.08. The highest BCUT2D eigenvalue weighted by molar-refractivity contribution is 5.89. The number of anilines is 1. The van der Waals surface area contributed by atoms with Crippen molar-refractivity contribution in [3.05, 3.63) is 29.6 Å². The fraction of sp³-hybridized carbons (Fsp3) is 0.632. The number of carbonyl (C=O) groups excluding carboxylic acids is 1. The van der Waals surface area contributed by atoms with Crippen molar-refractivity contribution >= 4 is 11.7 Å². The summed E-state index contributed by atoms with van der Waals surface area (Å²) in [6.07, 6.45) is 4.83. The number of ether oxygens (including phenoxy) is 1. The molecule has 2 saturated heterocycles. The number of nitrogens with one attached hydrogen (secondary N) is 1. The Morgan fingerprint density at radius 2 is 2.08 bits per heavy atom. The lowest BCUT2D eigenvalue weighted by molar-refractivity contribution is 0.0416. The van der Waals surface area contributed by atoms with E-state index in [4.69, 9.17) is 4.74 Å². The molecule has 2 heterocycles. The van der Waals surface area contributed by atoms with Crippen LogP contribution < -0.4 is 5.32 Å². The van der Waals surface area contributed by atoms with E-state index in [1.165, 1.54) is 38.4 Å². The number of rotatable bonds is 5. The summed E-state index contributed by atoms with van der Waals surface area (Å²) in [6.45, 7) is 7.11. The van der Waals surface area contributed by atoms with Gasteiger partial charge in [0.05, 0.1) is 18.4 Å². The monoisotopic (exact) mass is 349 g/mol. The lowest BCUT2D eigenvalue weighted by atomic mass is 10.1. The van der Waals surface area contributed by atoms with Gasteiger partial charge in [-0.1, -0.05) is 12.5 Å². The van der Waals surface area contributed by atoms with Crippen LogP contribution in [0.25, 0.3) is 0 Å². The molecule has 2 amide bonds. The van der Waals surface area contributed by atoms with Crippen LogP contribution in [0.2, 0.25) is 0 Å². The largest absolute Gasteiger partial charge is 0.375 e. The standard InChI is InChI=1S/C19H28FN3O2/c1-15-5-6-17(20)18(13-15)21-19(24)23-10-7-16(14-23)25-12-11-22-8-3-2-4-9-22/h5-6,13,16H,2-4,7-12,14H2,1H3,(H,21,24)/t16-/m0/s1. The smallest absolute Gasteiger partial charge is 0.322 e. The van der Waals surface area contributed by atoms with Gasteiger partial charge in [-0.2, -0.15) is 0 Å². The van der Waals surface area contributed by atoms with Crippen molar-refractivity contribution in [3.8, 4) is 0 Å². The molecule has 0 bridgehead atoms. The highest BCUT2D eigenvalue weighted by Gasteiger charge is 2.27. The molecule has 0 aromatic heterocycles. The van der Waals surface area contributed by atoms with Gasteiger partial charge in [0.2, 0.25) is 0 Å². The molecule has 1 N–H and O–H groups in total. The first-order valence-corrected chi connectivity index (χ1v) is 9.28. The highest BCUT2D eigenvalue weighted by atomic mass is 19.1. The summed E-state index contributed by atoms with van der Waals surface area (Å²) in [6, 6.07) is 4.45. The zero-order valence-corrected chi connectivity index (χ0v) is 15.0. The van der Waals surface area contributed by atoms with Crippen LogP contribution in [0.1, 0.15) is 31.2 Å². The van der Waals surface area contributed by atoms with Gasteiger partial charge in [-0.15, -0.1) is 0 Å². The molecule has 0 saturated carbocycles. The molecule has 138 valence electrons. The number of nitrogens with zero attached hydrogens (tertiary/aromatic N) is 2. The van der Waals surface area contributed by atoms with Crippen molar-refractivity contribution in [1.29, 1.82) is 0 Å². The van der Waals surface area contributed by atoms with Crippen molar-refractivity contribution in [2.24, 2.45) is 0 Å². The first-order valence-electron chi connectivity index (χ1n) is 9.28. The number of piperidine rings is 1. The Bertz CT molecular complexity index is 590. The fourth-order valence-corrected chi connectivity index (χ4v) is 3.51. The number of aryl methyl sites for hydroxylation is 1. The van der Waals surface area contributed by atoms with Crippen LogP contribution in [0.3, 0.4) is 0 Å². The minimum atomic E-state index is -0.410. The molecule has 0 radical (unpaired) electrons. The summed E-state index contributed by atoms with van der Waals surface area (Å²) in [5, 5.41) is 2.67. The maximum atomic E-state index is 13.8. The van der Waals surface area contributed by atoms with Crippen LogP contribution >= 0.6 is 0 Å². The Morgan fingerprint density at radius 3 is 2.88 bits per heavy atom. The molecule has 2 aliphatic rings. The number of urea groups is 1. The molecule has 1 aromatic carbocycles. The zero-order valence-electron chi connectivity index (χ0n) is 15.0. The molecule has 1 aromatic rings.